The Labute approximate surface area is 148 Å². The molecular formula is C16H16ClN3O3S. The molecule has 0 unspecified atom stereocenters. The number of carbonyl (C=O) groups is 1. The Balaban J connectivity index is 1.77. The van der Waals surface area contributed by atoms with E-state index in [1.54, 1.807) is 0 Å². The van der Waals surface area contributed by atoms with Crippen molar-refractivity contribution in [3.05, 3.63) is 49.5 Å². The van der Waals surface area contributed by atoms with Crippen molar-refractivity contribution < 1.29 is 9.72 Å². The van der Waals surface area contributed by atoms with E-state index in [0.29, 0.717) is 5.13 Å². The minimum absolute atomic E-state index is 0.0524. The summed E-state index contributed by atoms with van der Waals surface area (Å²) in [4.78, 5) is 28.3. The van der Waals surface area contributed by atoms with Crippen LogP contribution in [0.5, 0.6) is 0 Å². The Bertz CT molecular complexity index is 765. The molecular weight excluding hydrogens is 350 g/mol. The Morgan fingerprint density at radius 1 is 1.25 bits per heavy atom. The van der Waals surface area contributed by atoms with Crippen LogP contribution in [0.15, 0.2) is 18.2 Å². The summed E-state index contributed by atoms with van der Waals surface area (Å²) in [5.41, 5.74) is 1.13. The lowest BCUT2D eigenvalue weighted by Gasteiger charge is -2.06. The highest BCUT2D eigenvalue weighted by Crippen LogP contribution is 2.29. The molecule has 6 nitrogen and oxygen atoms in total. The zero-order valence-corrected chi connectivity index (χ0v) is 14.5. The van der Waals surface area contributed by atoms with Crippen LogP contribution in [0.3, 0.4) is 0 Å². The van der Waals surface area contributed by atoms with Crippen molar-refractivity contribution in [2.24, 2.45) is 0 Å². The van der Waals surface area contributed by atoms with Crippen molar-refractivity contribution in [1.82, 2.24) is 4.98 Å². The predicted molar refractivity (Wildman–Crippen MR) is 94.0 cm³/mol. The summed E-state index contributed by atoms with van der Waals surface area (Å²) in [5, 5.41) is 14.1. The molecule has 1 heterocycles. The summed E-state index contributed by atoms with van der Waals surface area (Å²) in [7, 11) is 0. The van der Waals surface area contributed by atoms with Gasteiger partial charge in [-0.05, 0) is 31.7 Å². The molecule has 24 heavy (non-hydrogen) atoms. The van der Waals surface area contributed by atoms with Crippen molar-refractivity contribution in [3.63, 3.8) is 0 Å². The lowest BCUT2D eigenvalue weighted by atomic mass is 10.0. The van der Waals surface area contributed by atoms with Crippen LogP contribution in [0.1, 0.15) is 46.6 Å². The van der Waals surface area contributed by atoms with Crippen LogP contribution in [0.25, 0.3) is 0 Å². The van der Waals surface area contributed by atoms with Crippen LogP contribution in [0.2, 0.25) is 5.02 Å². The Morgan fingerprint density at radius 2 is 2.00 bits per heavy atom. The van der Waals surface area contributed by atoms with E-state index in [4.69, 9.17) is 11.6 Å². The first-order chi connectivity index (χ1) is 11.5. The minimum atomic E-state index is -0.547. The molecule has 1 N–H and O–H groups in total. The molecule has 8 heteroatoms. The summed E-state index contributed by atoms with van der Waals surface area (Å²) in [6.07, 6.45) is 6.67. The van der Waals surface area contributed by atoms with Gasteiger partial charge in [-0.2, -0.15) is 0 Å². The summed E-state index contributed by atoms with van der Waals surface area (Å²) in [5.74, 6) is -0.406. The van der Waals surface area contributed by atoms with Crippen LogP contribution in [0, 0.1) is 10.1 Å². The first-order valence-electron chi connectivity index (χ1n) is 7.78. The van der Waals surface area contributed by atoms with Gasteiger partial charge in [0.05, 0.1) is 21.2 Å². The van der Waals surface area contributed by atoms with E-state index in [1.165, 1.54) is 47.3 Å². The number of non-ortho nitro benzene ring substituents is 1. The molecule has 3 rings (SSSR count). The second kappa shape index (κ2) is 7.27. The van der Waals surface area contributed by atoms with Crippen LogP contribution >= 0.6 is 22.9 Å². The van der Waals surface area contributed by atoms with Gasteiger partial charge in [0.15, 0.2) is 5.13 Å². The van der Waals surface area contributed by atoms with Gasteiger partial charge in [-0.1, -0.05) is 24.4 Å². The molecule has 1 aliphatic rings. The van der Waals surface area contributed by atoms with E-state index in [9.17, 15) is 14.9 Å². The molecule has 0 saturated carbocycles. The number of hydrogen-bond acceptors (Lipinski definition) is 5. The number of nitro groups is 1. The lowest BCUT2D eigenvalue weighted by Crippen LogP contribution is -2.12. The molecule has 0 radical (unpaired) electrons. The van der Waals surface area contributed by atoms with Crippen LogP contribution in [-0.2, 0) is 12.8 Å². The van der Waals surface area contributed by atoms with E-state index >= 15 is 0 Å². The number of amides is 1. The monoisotopic (exact) mass is 365 g/mol. The molecule has 2 aromatic rings. The second-order valence-electron chi connectivity index (χ2n) is 5.68. The van der Waals surface area contributed by atoms with Gasteiger partial charge >= 0.3 is 0 Å². The number of hydrogen-bond donors (Lipinski definition) is 1. The van der Waals surface area contributed by atoms with Gasteiger partial charge in [-0.25, -0.2) is 4.98 Å². The smallest absolute Gasteiger partial charge is 0.270 e. The van der Waals surface area contributed by atoms with Crippen molar-refractivity contribution in [2.75, 3.05) is 5.32 Å². The number of thiazole rings is 1. The molecule has 126 valence electrons. The third-order valence-electron chi connectivity index (χ3n) is 3.97. The lowest BCUT2D eigenvalue weighted by molar-refractivity contribution is -0.384. The Kier molecular flexibility index (Phi) is 5.11. The maximum Gasteiger partial charge on any atom is 0.270 e. The van der Waals surface area contributed by atoms with Crippen molar-refractivity contribution in [3.8, 4) is 0 Å². The van der Waals surface area contributed by atoms with E-state index in [2.05, 4.69) is 10.3 Å². The van der Waals surface area contributed by atoms with Gasteiger partial charge < -0.3 is 0 Å². The SMILES string of the molecule is O=C(Nc1nc2c(s1)CCCCCC2)c1ccc([N+](=O)[O-])cc1Cl. The van der Waals surface area contributed by atoms with E-state index in [1.807, 2.05) is 0 Å². The first-order valence-corrected chi connectivity index (χ1v) is 8.98. The molecule has 0 atom stereocenters. The fourth-order valence-electron chi connectivity index (χ4n) is 2.73. The maximum atomic E-state index is 12.4. The number of rotatable bonds is 3. The van der Waals surface area contributed by atoms with Crippen LogP contribution in [-0.4, -0.2) is 15.8 Å². The number of benzene rings is 1. The molecule has 1 aromatic carbocycles. The fourth-order valence-corrected chi connectivity index (χ4v) is 4.03. The van der Waals surface area contributed by atoms with Crippen LogP contribution in [0.4, 0.5) is 10.8 Å². The Morgan fingerprint density at radius 3 is 2.71 bits per heavy atom. The molecule has 1 aromatic heterocycles. The highest BCUT2D eigenvalue weighted by atomic mass is 35.5. The third-order valence-corrected chi connectivity index (χ3v) is 5.36. The summed E-state index contributed by atoms with van der Waals surface area (Å²) in [6, 6.07) is 3.80. The van der Waals surface area contributed by atoms with E-state index < -0.39 is 10.8 Å². The standard InChI is InChI=1S/C16H16ClN3O3S/c17-12-9-10(20(22)23)7-8-11(12)15(21)19-16-18-13-5-3-1-2-4-6-14(13)24-16/h7-9H,1-6H2,(H,18,19,21). The highest BCUT2D eigenvalue weighted by molar-refractivity contribution is 7.15. The molecule has 0 spiro atoms. The second-order valence-corrected chi connectivity index (χ2v) is 7.17. The number of halogens is 1. The number of nitrogens with one attached hydrogen (secondary N) is 1. The molecule has 1 aliphatic carbocycles. The number of carbonyl (C=O) groups excluding carboxylic acids is 1. The Hall–Kier alpha value is -1.99. The zero-order valence-electron chi connectivity index (χ0n) is 12.9. The molecule has 0 bridgehead atoms. The van der Waals surface area contributed by atoms with Crippen molar-refractivity contribution in [2.45, 2.75) is 38.5 Å². The van der Waals surface area contributed by atoms with Gasteiger partial charge in [0.1, 0.15) is 0 Å². The third kappa shape index (κ3) is 3.73. The molecule has 0 fully saturated rings. The van der Waals surface area contributed by atoms with Crippen molar-refractivity contribution in [1.29, 1.82) is 0 Å². The highest BCUT2D eigenvalue weighted by Gasteiger charge is 2.18. The topological polar surface area (TPSA) is 85.1 Å². The predicted octanol–water partition coefficient (Wildman–Crippen LogP) is 4.62. The average molecular weight is 366 g/mol. The zero-order chi connectivity index (χ0) is 17.1. The van der Waals surface area contributed by atoms with Gasteiger partial charge in [0.25, 0.3) is 11.6 Å². The average Bonchev–Trinajstić information content (AvgIpc) is 2.88. The van der Waals surface area contributed by atoms with E-state index in [0.717, 1.165) is 31.4 Å². The number of anilines is 1. The quantitative estimate of drug-likeness (QED) is 0.635. The summed E-state index contributed by atoms with van der Waals surface area (Å²) in [6.45, 7) is 0. The number of aromatic nitrogens is 1. The molecule has 1 amide bonds. The van der Waals surface area contributed by atoms with E-state index in [-0.39, 0.29) is 16.3 Å². The largest absolute Gasteiger partial charge is 0.298 e. The number of nitro benzene ring substituents is 1. The van der Waals surface area contributed by atoms with Gasteiger partial charge in [-0.15, -0.1) is 11.3 Å². The van der Waals surface area contributed by atoms with Crippen molar-refractivity contribution >= 4 is 39.7 Å². The number of nitrogens with zero attached hydrogens (tertiary/aromatic N) is 2. The fraction of sp³-hybridized carbons (Fsp3) is 0.375. The first kappa shape index (κ1) is 16.9. The number of aryl methyl sites for hydroxylation is 2. The summed E-state index contributed by atoms with van der Waals surface area (Å²) < 4.78 is 0. The van der Waals surface area contributed by atoms with Crippen LogP contribution < -0.4 is 5.32 Å². The molecule has 0 saturated heterocycles. The van der Waals surface area contributed by atoms with Gasteiger partial charge in [-0.3, -0.25) is 20.2 Å². The molecule has 0 aliphatic heterocycles. The number of fused-ring (bicyclic) bond motifs is 1. The normalized spacial score (nSPS) is 14.4. The minimum Gasteiger partial charge on any atom is -0.298 e. The maximum absolute atomic E-state index is 12.4. The van der Waals surface area contributed by atoms with Gasteiger partial charge in [0, 0.05) is 17.0 Å². The summed E-state index contributed by atoms with van der Waals surface area (Å²) >= 11 is 7.50. The van der Waals surface area contributed by atoms with Gasteiger partial charge in [0.2, 0.25) is 0 Å².